The average molecular weight is 240 g/mol. The zero-order valence-electron chi connectivity index (χ0n) is 10.8. The summed E-state index contributed by atoms with van der Waals surface area (Å²) in [5.74, 6) is -0.162. The molecule has 0 bridgehead atoms. The fourth-order valence-electron chi connectivity index (χ4n) is 1.76. The van der Waals surface area contributed by atoms with Crippen LogP contribution in [0.3, 0.4) is 0 Å². The van der Waals surface area contributed by atoms with Gasteiger partial charge in [-0.3, -0.25) is 9.59 Å². The second-order valence-corrected chi connectivity index (χ2v) is 4.59. The molecule has 17 heavy (non-hydrogen) atoms. The van der Waals surface area contributed by atoms with Crippen LogP contribution in [-0.4, -0.2) is 30.1 Å². The van der Waals surface area contributed by atoms with Crippen LogP contribution < -0.4 is 0 Å². The van der Waals surface area contributed by atoms with Crippen LogP contribution in [0.2, 0.25) is 0 Å². The second kappa shape index (κ2) is 5.96. The van der Waals surface area contributed by atoms with Crippen molar-refractivity contribution < 1.29 is 19.1 Å². The SMILES string of the molecule is CC(=O)O[C@@H]1C=C[C@H](C[C@H](C)C(C)=O)O[C@H]1C. The highest BCUT2D eigenvalue weighted by Crippen LogP contribution is 2.21. The van der Waals surface area contributed by atoms with Gasteiger partial charge >= 0.3 is 5.97 Å². The van der Waals surface area contributed by atoms with Gasteiger partial charge in [0.2, 0.25) is 0 Å². The van der Waals surface area contributed by atoms with Gasteiger partial charge in [-0.15, -0.1) is 0 Å². The summed E-state index contributed by atoms with van der Waals surface area (Å²) in [7, 11) is 0. The molecule has 0 aliphatic carbocycles. The number of hydrogen-bond donors (Lipinski definition) is 0. The Hall–Kier alpha value is -1.16. The van der Waals surface area contributed by atoms with Crippen LogP contribution in [0.1, 0.15) is 34.1 Å². The first kappa shape index (κ1) is 13.9. The highest BCUT2D eigenvalue weighted by atomic mass is 16.6. The first-order valence-electron chi connectivity index (χ1n) is 5.91. The summed E-state index contributed by atoms with van der Waals surface area (Å²) in [5, 5.41) is 0. The van der Waals surface area contributed by atoms with Gasteiger partial charge in [0.15, 0.2) is 0 Å². The Bertz CT molecular complexity index is 321. The van der Waals surface area contributed by atoms with E-state index in [0.29, 0.717) is 6.42 Å². The van der Waals surface area contributed by atoms with E-state index in [0.717, 1.165) is 0 Å². The highest BCUT2D eigenvalue weighted by Gasteiger charge is 2.27. The molecule has 1 aliphatic heterocycles. The Morgan fingerprint density at radius 3 is 2.47 bits per heavy atom. The third kappa shape index (κ3) is 4.30. The van der Waals surface area contributed by atoms with E-state index >= 15 is 0 Å². The van der Waals surface area contributed by atoms with Gasteiger partial charge in [0.1, 0.15) is 11.9 Å². The summed E-state index contributed by atoms with van der Waals surface area (Å²) < 4.78 is 10.8. The van der Waals surface area contributed by atoms with E-state index in [1.807, 2.05) is 26.0 Å². The number of Topliss-reactive ketones (excluding diaryl/α,β-unsaturated/α-hetero) is 1. The molecule has 0 aromatic rings. The Kier molecular flexibility index (Phi) is 4.87. The molecule has 0 fully saturated rings. The first-order chi connectivity index (χ1) is 7.90. The lowest BCUT2D eigenvalue weighted by Gasteiger charge is -2.30. The van der Waals surface area contributed by atoms with E-state index in [9.17, 15) is 9.59 Å². The number of rotatable bonds is 4. The van der Waals surface area contributed by atoms with Crippen molar-refractivity contribution in [2.45, 2.75) is 52.4 Å². The molecule has 0 saturated carbocycles. The topological polar surface area (TPSA) is 52.6 Å². The summed E-state index contributed by atoms with van der Waals surface area (Å²) >= 11 is 0. The zero-order chi connectivity index (χ0) is 13.0. The van der Waals surface area contributed by atoms with Gasteiger partial charge in [0.25, 0.3) is 0 Å². The van der Waals surface area contributed by atoms with Crippen molar-refractivity contribution in [2.24, 2.45) is 5.92 Å². The van der Waals surface area contributed by atoms with Crippen LogP contribution in [0, 0.1) is 5.92 Å². The molecule has 0 radical (unpaired) electrons. The van der Waals surface area contributed by atoms with E-state index < -0.39 is 0 Å². The molecule has 1 rings (SSSR count). The van der Waals surface area contributed by atoms with Gasteiger partial charge in [0, 0.05) is 12.8 Å². The maximum absolute atomic E-state index is 11.2. The number of ether oxygens (including phenoxy) is 2. The molecular formula is C13H20O4. The van der Waals surface area contributed by atoms with Crippen molar-refractivity contribution >= 4 is 11.8 Å². The number of esters is 1. The van der Waals surface area contributed by atoms with Crippen LogP contribution >= 0.6 is 0 Å². The summed E-state index contributed by atoms with van der Waals surface area (Å²) in [4.78, 5) is 22.0. The molecule has 0 saturated heterocycles. The molecule has 0 amide bonds. The lowest BCUT2D eigenvalue weighted by molar-refractivity contribution is -0.153. The molecule has 96 valence electrons. The largest absolute Gasteiger partial charge is 0.456 e. The van der Waals surface area contributed by atoms with E-state index in [2.05, 4.69) is 0 Å². The van der Waals surface area contributed by atoms with Gasteiger partial charge in [0.05, 0.1) is 12.2 Å². The third-order valence-electron chi connectivity index (χ3n) is 2.95. The molecule has 0 spiro atoms. The minimum atomic E-state index is -0.323. The average Bonchev–Trinajstić information content (AvgIpc) is 2.21. The highest BCUT2D eigenvalue weighted by molar-refractivity contribution is 5.77. The molecule has 4 atom stereocenters. The van der Waals surface area contributed by atoms with Crippen LogP contribution in [0.4, 0.5) is 0 Å². The van der Waals surface area contributed by atoms with Gasteiger partial charge < -0.3 is 9.47 Å². The quantitative estimate of drug-likeness (QED) is 0.556. The molecule has 4 heteroatoms. The van der Waals surface area contributed by atoms with Crippen molar-refractivity contribution in [1.82, 2.24) is 0 Å². The number of carbonyl (C=O) groups is 2. The lowest BCUT2D eigenvalue weighted by atomic mass is 9.97. The third-order valence-corrected chi connectivity index (χ3v) is 2.95. The number of carbonyl (C=O) groups excluding carboxylic acids is 2. The predicted octanol–water partition coefficient (Wildman–Crippen LogP) is 1.88. The van der Waals surface area contributed by atoms with Crippen LogP contribution in [0.5, 0.6) is 0 Å². The fraction of sp³-hybridized carbons (Fsp3) is 0.692. The molecule has 1 aliphatic rings. The standard InChI is InChI=1S/C13H20O4/c1-8(9(2)14)7-12-5-6-13(10(3)16-12)17-11(4)15/h5-6,8,10,12-13H,7H2,1-4H3/t8-,10-,12+,13+/m0/s1. The summed E-state index contributed by atoms with van der Waals surface area (Å²) in [6, 6.07) is 0. The Balaban J connectivity index is 2.53. The minimum absolute atomic E-state index is 0.0119. The molecular weight excluding hydrogens is 220 g/mol. The minimum Gasteiger partial charge on any atom is -0.456 e. The molecule has 0 aromatic carbocycles. The predicted molar refractivity (Wildman–Crippen MR) is 63.5 cm³/mol. The normalized spacial score (nSPS) is 29.8. The van der Waals surface area contributed by atoms with Gasteiger partial charge in [-0.25, -0.2) is 0 Å². The lowest BCUT2D eigenvalue weighted by Crippen LogP contribution is -2.36. The van der Waals surface area contributed by atoms with Crippen molar-refractivity contribution in [1.29, 1.82) is 0 Å². The van der Waals surface area contributed by atoms with Crippen LogP contribution in [0.25, 0.3) is 0 Å². The van der Waals surface area contributed by atoms with Gasteiger partial charge in [-0.2, -0.15) is 0 Å². The van der Waals surface area contributed by atoms with E-state index in [1.54, 1.807) is 6.92 Å². The van der Waals surface area contributed by atoms with E-state index in [-0.39, 0.29) is 36.0 Å². The zero-order valence-corrected chi connectivity index (χ0v) is 10.8. The fourth-order valence-corrected chi connectivity index (χ4v) is 1.76. The Morgan fingerprint density at radius 2 is 2.00 bits per heavy atom. The second-order valence-electron chi connectivity index (χ2n) is 4.59. The smallest absolute Gasteiger partial charge is 0.303 e. The summed E-state index contributed by atoms with van der Waals surface area (Å²) in [6.45, 7) is 6.72. The Labute approximate surface area is 102 Å². The molecule has 4 nitrogen and oxygen atoms in total. The number of hydrogen-bond acceptors (Lipinski definition) is 4. The summed E-state index contributed by atoms with van der Waals surface area (Å²) in [5.41, 5.74) is 0. The van der Waals surface area contributed by atoms with Crippen molar-refractivity contribution in [3.05, 3.63) is 12.2 Å². The van der Waals surface area contributed by atoms with Crippen molar-refractivity contribution in [2.75, 3.05) is 0 Å². The van der Waals surface area contributed by atoms with Gasteiger partial charge in [-0.05, 0) is 26.3 Å². The monoisotopic (exact) mass is 240 g/mol. The van der Waals surface area contributed by atoms with E-state index in [4.69, 9.17) is 9.47 Å². The summed E-state index contributed by atoms with van der Waals surface area (Å²) in [6.07, 6.45) is 3.81. The van der Waals surface area contributed by atoms with Gasteiger partial charge in [-0.1, -0.05) is 13.0 Å². The van der Waals surface area contributed by atoms with E-state index in [1.165, 1.54) is 6.92 Å². The maximum atomic E-state index is 11.2. The van der Waals surface area contributed by atoms with Crippen LogP contribution in [-0.2, 0) is 19.1 Å². The van der Waals surface area contributed by atoms with Crippen molar-refractivity contribution in [3.63, 3.8) is 0 Å². The maximum Gasteiger partial charge on any atom is 0.303 e. The van der Waals surface area contributed by atoms with Crippen LogP contribution in [0.15, 0.2) is 12.2 Å². The molecule has 1 heterocycles. The van der Waals surface area contributed by atoms with Crippen molar-refractivity contribution in [3.8, 4) is 0 Å². The Morgan fingerprint density at radius 1 is 1.35 bits per heavy atom. The number of ketones is 1. The first-order valence-corrected chi connectivity index (χ1v) is 5.91. The molecule has 0 unspecified atom stereocenters. The molecule has 0 aromatic heterocycles. The molecule has 0 N–H and O–H groups in total.